The monoisotopic (exact) mass is 349 g/mol. The number of nitrogens with one attached hydrogen (secondary N) is 1. The van der Waals surface area contributed by atoms with E-state index in [1.807, 2.05) is 30.3 Å². The lowest BCUT2D eigenvalue weighted by molar-refractivity contribution is 0.0602. The zero-order valence-electron chi connectivity index (χ0n) is 11.9. The van der Waals surface area contributed by atoms with Gasteiger partial charge < -0.3 is 14.8 Å². The lowest BCUT2D eigenvalue weighted by Gasteiger charge is -2.11. The van der Waals surface area contributed by atoms with Crippen molar-refractivity contribution in [2.75, 3.05) is 19.5 Å². The molecule has 0 bridgehead atoms. The number of anilines is 1. The Labute approximate surface area is 132 Å². The second-order valence-corrected chi connectivity index (χ2v) is 5.21. The number of carbonyl (C=O) groups is 1. The highest BCUT2D eigenvalue weighted by atomic mass is 79.9. The van der Waals surface area contributed by atoms with Crippen LogP contribution in [0.2, 0.25) is 0 Å². The molecule has 0 saturated heterocycles. The van der Waals surface area contributed by atoms with Crippen molar-refractivity contribution in [1.82, 2.24) is 0 Å². The summed E-state index contributed by atoms with van der Waals surface area (Å²) in [6, 6.07) is 13.1. The Morgan fingerprint density at radius 3 is 2.62 bits per heavy atom. The van der Waals surface area contributed by atoms with Crippen molar-refractivity contribution in [3.8, 4) is 5.75 Å². The molecule has 2 rings (SSSR count). The quantitative estimate of drug-likeness (QED) is 0.832. The number of rotatable bonds is 5. The molecule has 4 nitrogen and oxygen atoms in total. The van der Waals surface area contributed by atoms with Gasteiger partial charge in [-0.15, -0.1) is 0 Å². The zero-order chi connectivity index (χ0) is 15.2. The molecule has 0 radical (unpaired) electrons. The van der Waals surface area contributed by atoms with E-state index in [0.717, 1.165) is 21.5 Å². The Morgan fingerprint density at radius 2 is 1.95 bits per heavy atom. The average molecular weight is 350 g/mol. The van der Waals surface area contributed by atoms with Gasteiger partial charge >= 0.3 is 5.97 Å². The second kappa shape index (κ2) is 7.13. The van der Waals surface area contributed by atoms with Gasteiger partial charge in [0.05, 0.1) is 24.3 Å². The first-order valence-electron chi connectivity index (χ1n) is 6.39. The molecule has 0 fully saturated rings. The van der Waals surface area contributed by atoms with Gasteiger partial charge in [0, 0.05) is 12.2 Å². The number of methoxy groups -OCH3 is 2. The summed E-state index contributed by atoms with van der Waals surface area (Å²) in [5.41, 5.74) is 2.34. The van der Waals surface area contributed by atoms with Crippen molar-refractivity contribution in [3.05, 3.63) is 58.1 Å². The molecule has 21 heavy (non-hydrogen) atoms. The molecule has 0 aliphatic carbocycles. The predicted octanol–water partition coefficient (Wildman–Crippen LogP) is 3.86. The topological polar surface area (TPSA) is 47.6 Å². The molecule has 1 N–H and O–H groups in total. The van der Waals surface area contributed by atoms with Crippen molar-refractivity contribution >= 4 is 27.6 Å². The third kappa shape index (κ3) is 3.76. The normalized spacial score (nSPS) is 10.0. The minimum atomic E-state index is -0.353. The molecule has 2 aromatic rings. The number of hydrogen-bond donors (Lipinski definition) is 1. The standard InChI is InChI=1S/C16H16BrNO3/c1-20-15-8-7-11(9-13(15)17)10-18-14-6-4-3-5-12(14)16(19)21-2/h3-9,18H,10H2,1-2H3. The van der Waals surface area contributed by atoms with Gasteiger partial charge in [-0.1, -0.05) is 18.2 Å². The van der Waals surface area contributed by atoms with E-state index < -0.39 is 0 Å². The van der Waals surface area contributed by atoms with Crippen molar-refractivity contribution in [2.45, 2.75) is 6.54 Å². The van der Waals surface area contributed by atoms with Crippen LogP contribution in [-0.2, 0) is 11.3 Å². The zero-order valence-corrected chi connectivity index (χ0v) is 13.4. The molecule has 0 aromatic heterocycles. The summed E-state index contributed by atoms with van der Waals surface area (Å²) in [6.07, 6.45) is 0. The summed E-state index contributed by atoms with van der Waals surface area (Å²) < 4.78 is 10.9. The highest BCUT2D eigenvalue weighted by Gasteiger charge is 2.10. The highest BCUT2D eigenvalue weighted by Crippen LogP contribution is 2.26. The van der Waals surface area contributed by atoms with E-state index in [4.69, 9.17) is 9.47 Å². The largest absolute Gasteiger partial charge is 0.496 e. The molecule has 0 unspecified atom stereocenters. The van der Waals surface area contributed by atoms with E-state index in [0.29, 0.717) is 12.1 Å². The molecule has 110 valence electrons. The van der Waals surface area contributed by atoms with Gasteiger partial charge in [-0.3, -0.25) is 0 Å². The van der Waals surface area contributed by atoms with Crippen molar-refractivity contribution in [3.63, 3.8) is 0 Å². The summed E-state index contributed by atoms with van der Waals surface area (Å²) in [4.78, 5) is 11.7. The van der Waals surface area contributed by atoms with Gasteiger partial charge in [-0.05, 0) is 45.8 Å². The Hall–Kier alpha value is -2.01. The van der Waals surface area contributed by atoms with Crippen LogP contribution in [0.1, 0.15) is 15.9 Å². The van der Waals surface area contributed by atoms with Crippen LogP contribution < -0.4 is 10.1 Å². The predicted molar refractivity (Wildman–Crippen MR) is 85.8 cm³/mol. The van der Waals surface area contributed by atoms with Gasteiger partial charge in [0.1, 0.15) is 5.75 Å². The van der Waals surface area contributed by atoms with E-state index in [1.165, 1.54) is 7.11 Å². The molecule has 0 atom stereocenters. The number of carbonyl (C=O) groups excluding carboxylic acids is 1. The Balaban J connectivity index is 2.13. The van der Waals surface area contributed by atoms with Crippen LogP contribution in [0.3, 0.4) is 0 Å². The molecule has 2 aromatic carbocycles. The van der Waals surface area contributed by atoms with Crippen LogP contribution in [0.25, 0.3) is 0 Å². The van der Waals surface area contributed by atoms with Crippen LogP contribution in [0.15, 0.2) is 46.9 Å². The summed E-state index contributed by atoms with van der Waals surface area (Å²) in [5.74, 6) is 0.433. The van der Waals surface area contributed by atoms with Gasteiger partial charge in [0.2, 0.25) is 0 Å². The average Bonchev–Trinajstić information content (AvgIpc) is 2.52. The smallest absolute Gasteiger partial charge is 0.339 e. The summed E-state index contributed by atoms with van der Waals surface area (Å²) in [7, 11) is 3.00. The summed E-state index contributed by atoms with van der Waals surface area (Å²) in [6.45, 7) is 0.594. The molecule has 0 amide bonds. The number of para-hydroxylation sites is 1. The first-order valence-corrected chi connectivity index (χ1v) is 7.18. The van der Waals surface area contributed by atoms with Gasteiger partial charge in [-0.25, -0.2) is 4.79 Å². The summed E-state index contributed by atoms with van der Waals surface area (Å²) in [5, 5.41) is 3.25. The maximum absolute atomic E-state index is 11.7. The van der Waals surface area contributed by atoms with Gasteiger partial charge in [0.15, 0.2) is 0 Å². The van der Waals surface area contributed by atoms with Crippen LogP contribution in [0, 0.1) is 0 Å². The third-order valence-corrected chi connectivity index (χ3v) is 3.65. The fourth-order valence-electron chi connectivity index (χ4n) is 1.94. The molecule has 0 spiro atoms. The van der Waals surface area contributed by atoms with E-state index in [1.54, 1.807) is 19.2 Å². The Kier molecular flexibility index (Phi) is 5.22. The van der Waals surface area contributed by atoms with Crippen LogP contribution in [0.5, 0.6) is 5.75 Å². The second-order valence-electron chi connectivity index (χ2n) is 4.36. The fraction of sp³-hybridized carbons (Fsp3) is 0.188. The van der Waals surface area contributed by atoms with Crippen molar-refractivity contribution < 1.29 is 14.3 Å². The molecule has 0 aliphatic heterocycles. The van der Waals surface area contributed by atoms with E-state index in [2.05, 4.69) is 21.2 Å². The van der Waals surface area contributed by atoms with E-state index >= 15 is 0 Å². The molecule has 0 aliphatic rings. The minimum absolute atomic E-state index is 0.353. The van der Waals surface area contributed by atoms with E-state index in [9.17, 15) is 4.79 Å². The Morgan fingerprint density at radius 1 is 1.19 bits per heavy atom. The van der Waals surface area contributed by atoms with Gasteiger partial charge in [-0.2, -0.15) is 0 Å². The third-order valence-electron chi connectivity index (χ3n) is 3.03. The van der Waals surface area contributed by atoms with Crippen molar-refractivity contribution in [2.24, 2.45) is 0 Å². The maximum atomic E-state index is 11.7. The Bertz CT molecular complexity index is 643. The molecular weight excluding hydrogens is 334 g/mol. The number of hydrogen-bond acceptors (Lipinski definition) is 4. The number of esters is 1. The first kappa shape index (κ1) is 15.4. The van der Waals surface area contributed by atoms with Crippen LogP contribution in [0.4, 0.5) is 5.69 Å². The van der Waals surface area contributed by atoms with Crippen LogP contribution in [-0.4, -0.2) is 20.2 Å². The number of ether oxygens (including phenoxy) is 2. The fourth-order valence-corrected chi connectivity index (χ4v) is 2.53. The maximum Gasteiger partial charge on any atom is 0.339 e. The summed E-state index contributed by atoms with van der Waals surface area (Å²) >= 11 is 3.46. The van der Waals surface area contributed by atoms with Gasteiger partial charge in [0.25, 0.3) is 0 Å². The molecule has 5 heteroatoms. The SMILES string of the molecule is COC(=O)c1ccccc1NCc1ccc(OC)c(Br)c1. The molecule has 0 heterocycles. The van der Waals surface area contributed by atoms with Crippen molar-refractivity contribution in [1.29, 1.82) is 0 Å². The number of benzene rings is 2. The number of halogens is 1. The minimum Gasteiger partial charge on any atom is -0.496 e. The highest BCUT2D eigenvalue weighted by molar-refractivity contribution is 9.10. The lowest BCUT2D eigenvalue weighted by atomic mass is 10.1. The van der Waals surface area contributed by atoms with E-state index in [-0.39, 0.29) is 5.97 Å². The molecular formula is C16H16BrNO3. The first-order chi connectivity index (χ1) is 10.2. The van der Waals surface area contributed by atoms with Crippen LogP contribution >= 0.6 is 15.9 Å². The lowest BCUT2D eigenvalue weighted by Crippen LogP contribution is -2.08. The molecule has 0 saturated carbocycles.